The molecular weight excluding hydrogens is 338 g/mol. The van der Waals surface area contributed by atoms with E-state index in [1.807, 2.05) is 79.1 Å². The second kappa shape index (κ2) is 7.33. The Kier molecular flexibility index (Phi) is 4.58. The van der Waals surface area contributed by atoms with E-state index in [4.69, 9.17) is 4.74 Å². The third-order valence-electron chi connectivity index (χ3n) is 4.60. The molecule has 4 aromatic rings. The highest BCUT2D eigenvalue weighted by molar-refractivity contribution is 5.83. The minimum Gasteiger partial charge on any atom is -0.502 e. The average Bonchev–Trinajstić information content (AvgIpc) is 2.74. The van der Waals surface area contributed by atoms with E-state index in [0.717, 1.165) is 28.1 Å². The molecule has 0 saturated heterocycles. The first-order chi connectivity index (χ1) is 13.3. The molecule has 5 heteroatoms. The lowest BCUT2D eigenvalue weighted by Crippen LogP contribution is -2.22. The number of aromatic hydroxyl groups is 1. The molecule has 0 saturated carbocycles. The van der Waals surface area contributed by atoms with Crippen molar-refractivity contribution in [3.05, 3.63) is 90.4 Å². The normalized spacial score (nSPS) is 11.9. The van der Waals surface area contributed by atoms with E-state index >= 15 is 0 Å². The van der Waals surface area contributed by atoms with Crippen molar-refractivity contribution in [3.8, 4) is 11.5 Å². The number of phenols is 1. The third kappa shape index (κ3) is 3.40. The van der Waals surface area contributed by atoms with Crippen molar-refractivity contribution in [2.24, 2.45) is 0 Å². The van der Waals surface area contributed by atoms with Gasteiger partial charge in [-0.15, -0.1) is 0 Å². The summed E-state index contributed by atoms with van der Waals surface area (Å²) in [6, 6.07) is 21.2. The molecular formula is C22H21N3O2+2. The van der Waals surface area contributed by atoms with E-state index in [2.05, 4.69) is 15.3 Å². The van der Waals surface area contributed by atoms with Crippen LogP contribution in [0.15, 0.2) is 79.1 Å². The molecule has 2 aromatic heterocycles. The standard InChI is InChI=1S/C22H19N3O2/c1-27-17-10-8-16(9-11-17)25-21(19-6-2-3-13-23-19)18-12-7-15-5-4-14-24-20(15)22(18)26/h2-14,21,25-26H,1H3/p+2. The smallest absolute Gasteiger partial charge is 0.253 e. The van der Waals surface area contributed by atoms with Crippen molar-refractivity contribution in [2.45, 2.75) is 6.04 Å². The SMILES string of the molecule is COc1ccc(NC(c2cccc[nH+]2)c2ccc3ccc[nH+]c3c2O)cc1. The first-order valence-corrected chi connectivity index (χ1v) is 8.76. The van der Waals surface area contributed by atoms with Gasteiger partial charge in [-0.25, -0.2) is 9.97 Å². The van der Waals surface area contributed by atoms with Crippen molar-refractivity contribution in [1.29, 1.82) is 0 Å². The van der Waals surface area contributed by atoms with Crippen LogP contribution in [0.4, 0.5) is 5.69 Å². The van der Waals surface area contributed by atoms with Crippen LogP contribution in [0.5, 0.6) is 11.5 Å². The number of rotatable bonds is 5. The number of ether oxygens (including phenoxy) is 1. The summed E-state index contributed by atoms with van der Waals surface area (Å²) in [5.41, 5.74) is 3.36. The molecule has 0 spiro atoms. The van der Waals surface area contributed by atoms with Crippen LogP contribution >= 0.6 is 0 Å². The Morgan fingerprint density at radius 2 is 1.70 bits per heavy atom. The van der Waals surface area contributed by atoms with Gasteiger partial charge in [0.05, 0.1) is 12.5 Å². The highest BCUT2D eigenvalue weighted by Gasteiger charge is 2.25. The molecule has 0 fully saturated rings. The number of benzene rings is 2. The number of nitrogens with one attached hydrogen (secondary N) is 3. The van der Waals surface area contributed by atoms with Gasteiger partial charge in [0, 0.05) is 29.4 Å². The zero-order chi connectivity index (χ0) is 18.6. The Morgan fingerprint density at radius 1 is 0.889 bits per heavy atom. The Labute approximate surface area is 157 Å². The largest absolute Gasteiger partial charge is 0.502 e. The number of aromatic amines is 2. The lowest BCUT2D eigenvalue weighted by molar-refractivity contribution is -0.391. The van der Waals surface area contributed by atoms with E-state index in [1.165, 1.54) is 0 Å². The number of aromatic nitrogens is 2. The summed E-state index contributed by atoms with van der Waals surface area (Å²) in [5, 5.41) is 15.4. The molecule has 0 amide bonds. The fourth-order valence-corrected chi connectivity index (χ4v) is 3.19. The number of methoxy groups -OCH3 is 1. The van der Waals surface area contributed by atoms with Gasteiger partial charge in [0.2, 0.25) is 5.69 Å². The quantitative estimate of drug-likeness (QED) is 0.574. The minimum absolute atomic E-state index is 0.233. The molecule has 4 N–H and O–H groups in total. The van der Waals surface area contributed by atoms with Crippen LogP contribution in [0.1, 0.15) is 17.3 Å². The van der Waals surface area contributed by atoms with Crippen LogP contribution in [-0.4, -0.2) is 12.2 Å². The Morgan fingerprint density at radius 3 is 2.44 bits per heavy atom. The molecule has 0 aliphatic carbocycles. The van der Waals surface area contributed by atoms with Crippen LogP contribution in [0.2, 0.25) is 0 Å². The summed E-state index contributed by atoms with van der Waals surface area (Å²) < 4.78 is 5.23. The number of hydrogen-bond acceptors (Lipinski definition) is 3. The van der Waals surface area contributed by atoms with Crippen LogP contribution in [0, 0.1) is 0 Å². The second-order valence-electron chi connectivity index (χ2n) is 6.26. The van der Waals surface area contributed by atoms with Crippen LogP contribution in [0.25, 0.3) is 10.9 Å². The number of H-pyrrole nitrogens is 2. The van der Waals surface area contributed by atoms with E-state index < -0.39 is 0 Å². The molecule has 2 aromatic carbocycles. The van der Waals surface area contributed by atoms with Crippen molar-refractivity contribution >= 4 is 16.6 Å². The molecule has 27 heavy (non-hydrogen) atoms. The fraction of sp³-hybridized carbons (Fsp3) is 0.0909. The first kappa shape index (κ1) is 16.8. The number of phenolic OH excluding ortho intramolecular Hbond substituents is 1. The Bertz CT molecular complexity index is 1050. The number of fused-ring (bicyclic) bond motifs is 1. The van der Waals surface area contributed by atoms with Gasteiger partial charge in [-0.05, 0) is 36.4 Å². The van der Waals surface area contributed by atoms with Crippen LogP contribution < -0.4 is 20.0 Å². The van der Waals surface area contributed by atoms with Crippen molar-refractivity contribution in [3.63, 3.8) is 0 Å². The highest BCUT2D eigenvalue weighted by atomic mass is 16.5. The van der Waals surface area contributed by atoms with Gasteiger partial charge < -0.3 is 15.2 Å². The van der Waals surface area contributed by atoms with Crippen LogP contribution in [-0.2, 0) is 0 Å². The van der Waals surface area contributed by atoms with Gasteiger partial charge in [-0.3, -0.25) is 0 Å². The van der Waals surface area contributed by atoms with Gasteiger partial charge >= 0.3 is 0 Å². The molecule has 4 rings (SSSR count). The Hall–Kier alpha value is -3.60. The molecule has 0 aliphatic heterocycles. The maximum atomic E-state index is 10.9. The lowest BCUT2D eigenvalue weighted by atomic mass is 9.99. The van der Waals surface area contributed by atoms with E-state index in [9.17, 15) is 5.11 Å². The number of anilines is 1. The van der Waals surface area contributed by atoms with Gasteiger partial charge in [0.1, 0.15) is 11.8 Å². The predicted molar refractivity (Wildman–Crippen MR) is 104 cm³/mol. The maximum Gasteiger partial charge on any atom is 0.253 e. The van der Waals surface area contributed by atoms with Gasteiger partial charge in [-0.2, -0.15) is 0 Å². The lowest BCUT2D eigenvalue weighted by Gasteiger charge is -2.18. The molecule has 2 heterocycles. The summed E-state index contributed by atoms with van der Waals surface area (Å²) in [6.07, 6.45) is 3.69. The molecule has 1 unspecified atom stereocenters. The third-order valence-corrected chi connectivity index (χ3v) is 4.60. The summed E-state index contributed by atoms with van der Waals surface area (Å²) in [4.78, 5) is 6.42. The van der Waals surface area contributed by atoms with Crippen LogP contribution in [0.3, 0.4) is 0 Å². The highest BCUT2D eigenvalue weighted by Crippen LogP contribution is 2.34. The predicted octanol–water partition coefficient (Wildman–Crippen LogP) is 3.38. The van der Waals surface area contributed by atoms with Gasteiger partial charge in [0.15, 0.2) is 18.1 Å². The van der Waals surface area contributed by atoms with Crippen molar-refractivity contribution < 1.29 is 19.8 Å². The summed E-state index contributed by atoms with van der Waals surface area (Å²) in [5.74, 6) is 1.03. The summed E-state index contributed by atoms with van der Waals surface area (Å²) >= 11 is 0. The molecule has 5 nitrogen and oxygen atoms in total. The average molecular weight is 359 g/mol. The number of pyridine rings is 2. The fourth-order valence-electron chi connectivity index (χ4n) is 3.19. The molecule has 1 atom stereocenters. The monoisotopic (exact) mass is 359 g/mol. The van der Waals surface area contributed by atoms with Gasteiger partial charge in [-0.1, -0.05) is 12.1 Å². The summed E-state index contributed by atoms with van der Waals surface area (Å²) in [7, 11) is 1.65. The van der Waals surface area contributed by atoms with Gasteiger partial charge in [0.25, 0.3) is 5.52 Å². The minimum atomic E-state index is -0.252. The van der Waals surface area contributed by atoms with Crippen molar-refractivity contribution in [1.82, 2.24) is 0 Å². The molecule has 134 valence electrons. The zero-order valence-corrected chi connectivity index (χ0v) is 14.9. The number of hydrogen-bond donors (Lipinski definition) is 2. The molecule has 0 radical (unpaired) electrons. The first-order valence-electron chi connectivity index (χ1n) is 8.76. The van der Waals surface area contributed by atoms with Crippen molar-refractivity contribution in [2.75, 3.05) is 12.4 Å². The van der Waals surface area contributed by atoms with E-state index in [1.54, 1.807) is 7.11 Å². The second-order valence-corrected chi connectivity index (χ2v) is 6.26. The maximum absolute atomic E-state index is 10.9. The van der Waals surface area contributed by atoms with E-state index in [0.29, 0.717) is 5.52 Å². The Balaban J connectivity index is 1.79. The summed E-state index contributed by atoms with van der Waals surface area (Å²) in [6.45, 7) is 0. The topological polar surface area (TPSA) is 69.8 Å². The zero-order valence-electron chi connectivity index (χ0n) is 14.9. The molecule has 0 bridgehead atoms. The molecule has 0 aliphatic rings. The van der Waals surface area contributed by atoms with E-state index in [-0.39, 0.29) is 11.8 Å².